The van der Waals surface area contributed by atoms with E-state index in [4.69, 9.17) is 4.52 Å². The molecule has 0 radical (unpaired) electrons. The molecule has 0 unspecified atom stereocenters. The van der Waals surface area contributed by atoms with Crippen molar-refractivity contribution in [3.8, 4) is 0 Å². The number of aryl methyl sites for hydroxylation is 2. The van der Waals surface area contributed by atoms with Crippen LogP contribution in [0.2, 0.25) is 0 Å². The number of carbonyl (C=O) groups is 1. The Morgan fingerprint density at radius 3 is 3.00 bits per heavy atom. The van der Waals surface area contributed by atoms with Crippen molar-refractivity contribution in [3.05, 3.63) is 47.5 Å². The molecule has 2 heterocycles. The van der Waals surface area contributed by atoms with E-state index in [0.29, 0.717) is 12.3 Å². The lowest BCUT2D eigenvalue weighted by Gasteiger charge is -2.17. The van der Waals surface area contributed by atoms with Gasteiger partial charge in [-0.05, 0) is 25.3 Å². The number of rotatable bonds is 5. The Balaban J connectivity index is 1.41. The zero-order valence-corrected chi connectivity index (χ0v) is 16.0. The van der Waals surface area contributed by atoms with Crippen molar-refractivity contribution in [2.24, 2.45) is 7.05 Å². The summed E-state index contributed by atoms with van der Waals surface area (Å²) in [6.07, 6.45) is 6.42. The standard InChI is InChI=1S/C20H23N3O2S/c1-22-12-19(15-8-3-5-9-17(15)22)26-13-20(24)23(2)11-16-14-7-4-6-10-18(14)25-21-16/h3,5,8-9,12H,4,6-7,10-11,13H2,1-2H3. The average molecular weight is 369 g/mol. The minimum absolute atomic E-state index is 0.107. The number of fused-ring (bicyclic) bond motifs is 2. The predicted molar refractivity (Wildman–Crippen MR) is 103 cm³/mol. The van der Waals surface area contributed by atoms with Gasteiger partial charge in [0.15, 0.2) is 0 Å². The van der Waals surface area contributed by atoms with E-state index in [1.165, 1.54) is 22.9 Å². The van der Waals surface area contributed by atoms with Crippen LogP contribution >= 0.6 is 11.8 Å². The fraction of sp³-hybridized carbons (Fsp3) is 0.400. The van der Waals surface area contributed by atoms with Gasteiger partial charge in [-0.2, -0.15) is 0 Å². The van der Waals surface area contributed by atoms with Gasteiger partial charge in [0.1, 0.15) is 11.5 Å². The van der Waals surface area contributed by atoms with Gasteiger partial charge in [0.25, 0.3) is 0 Å². The van der Waals surface area contributed by atoms with Crippen LogP contribution in [0.5, 0.6) is 0 Å². The maximum Gasteiger partial charge on any atom is 0.233 e. The molecule has 0 spiro atoms. The summed E-state index contributed by atoms with van der Waals surface area (Å²) < 4.78 is 7.56. The number of aromatic nitrogens is 2. The van der Waals surface area contributed by atoms with Gasteiger partial charge in [0.2, 0.25) is 5.91 Å². The second kappa shape index (κ2) is 7.19. The molecule has 0 bridgehead atoms. The Morgan fingerprint density at radius 1 is 1.31 bits per heavy atom. The van der Waals surface area contributed by atoms with Crippen molar-refractivity contribution in [3.63, 3.8) is 0 Å². The fourth-order valence-electron chi connectivity index (χ4n) is 3.56. The summed E-state index contributed by atoms with van der Waals surface area (Å²) in [5, 5.41) is 5.40. The second-order valence-corrected chi connectivity index (χ2v) is 7.92. The van der Waals surface area contributed by atoms with E-state index in [2.05, 4.69) is 28.1 Å². The Labute approximate surface area is 157 Å². The summed E-state index contributed by atoms with van der Waals surface area (Å²) in [7, 11) is 3.88. The van der Waals surface area contributed by atoms with E-state index in [1.807, 2.05) is 26.2 Å². The van der Waals surface area contributed by atoms with Crippen molar-refractivity contribution >= 4 is 28.6 Å². The monoisotopic (exact) mass is 369 g/mol. The van der Waals surface area contributed by atoms with Crippen molar-refractivity contribution in [1.29, 1.82) is 0 Å². The molecule has 1 amide bonds. The third kappa shape index (κ3) is 3.26. The number of nitrogens with zero attached hydrogens (tertiary/aromatic N) is 3. The molecule has 3 aromatic rings. The average Bonchev–Trinajstić information content (AvgIpc) is 3.21. The van der Waals surface area contributed by atoms with Crippen molar-refractivity contribution in [1.82, 2.24) is 14.6 Å². The molecule has 1 aliphatic carbocycles. The molecular formula is C20H23N3O2S. The zero-order chi connectivity index (χ0) is 18.1. The summed E-state index contributed by atoms with van der Waals surface area (Å²) >= 11 is 1.59. The highest BCUT2D eigenvalue weighted by Crippen LogP contribution is 2.30. The second-order valence-electron chi connectivity index (χ2n) is 6.90. The van der Waals surface area contributed by atoms with E-state index < -0.39 is 0 Å². The van der Waals surface area contributed by atoms with E-state index >= 15 is 0 Å². The third-order valence-corrected chi connectivity index (χ3v) is 6.08. The van der Waals surface area contributed by atoms with E-state index in [1.54, 1.807) is 16.7 Å². The van der Waals surface area contributed by atoms with Crippen molar-refractivity contribution in [2.45, 2.75) is 37.1 Å². The first-order valence-corrected chi connectivity index (χ1v) is 9.99. The summed E-state index contributed by atoms with van der Waals surface area (Å²) in [6, 6.07) is 8.27. The smallest absolute Gasteiger partial charge is 0.233 e. The molecule has 0 fully saturated rings. The zero-order valence-electron chi connectivity index (χ0n) is 15.2. The maximum absolute atomic E-state index is 12.6. The van der Waals surface area contributed by atoms with Crippen LogP contribution in [0.25, 0.3) is 10.9 Å². The number of carbonyl (C=O) groups excluding carboxylic acids is 1. The quantitative estimate of drug-likeness (QED) is 0.642. The molecule has 1 aliphatic rings. The highest BCUT2D eigenvalue weighted by Gasteiger charge is 2.21. The Bertz CT molecular complexity index is 944. The topological polar surface area (TPSA) is 51.3 Å². The number of hydrogen-bond donors (Lipinski definition) is 0. The lowest BCUT2D eigenvalue weighted by atomic mass is 9.96. The van der Waals surface area contributed by atoms with Gasteiger partial charge in [0, 0.05) is 48.1 Å². The Morgan fingerprint density at radius 2 is 2.12 bits per heavy atom. The lowest BCUT2D eigenvalue weighted by Crippen LogP contribution is -2.28. The molecule has 0 saturated heterocycles. The predicted octanol–water partition coefficient (Wildman–Crippen LogP) is 3.80. The van der Waals surface area contributed by atoms with Crippen LogP contribution in [0.1, 0.15) is 29.9 Å². The maximum atomic E-state index is 12.6. The molecule has 5 nitrogen and oxygen atoms in total. The number of amides is 1. The van der Waals surface area contributed by atoms with Crippen LogP contribution in [0.15, 0.2) is 39.9 Å². The van der Waals surface area contributed by atoms with Crippen LogP contribution in [0.3, 0.4) is 0 Å². The largest absolute Gasteiger partial charge is 0.361 e. The summed E-state index contributed by atoms with van der Waals surface area (Å²) in [5.41, 5.74) is 3.33. The lowest BCUT2D eigenvalue weighted by molar-refractivity contribution is -0.127. The molecule has 0 atom stereocenters. The molecule has 0 N–H and O–H groups in total. The SMILES string of the molecule is CN(Cc1noc2c1CCCC2)C(=O)CSc1cn(C)c2ccccc12. The van der Waals surface area contributed by atoms with Gasteiger partial charge in [-0.3, -0.25) is 4.79 Å². The van der Waals surface area contributed by atoms with Crippen LogP contribution in [0.4, 0.5) is 0 Å². The molecular weight excluding hydrogens is 346 g/mol. The molecule has 136 valence electrons. The third-order valence-electron chi connectivity index (χ3n) is 5.06. The molecule has 6 heteroatoms. The van der Waals surface area contributed by atoms with Gasteiger partial charge >= 0.3 is 0 Å². The molecule has 2 aromatic heterocycles. The minimum Gasteiger partial charge on any atom is -0.361 e. The van der Waals surface area contributed by atoms with Gasteiger partial charge < -0.3 is 14.0 Å². The van der Waals surface area contributed by atoms with Crippen LogP contribution in [-0.2, 0) is 31.2 Å². The molecule has 1 aromatic carbocycles. The highest BCUT2D eigenvalue weighted by molar-refractivity contribution is 8.00. The minimum atomic E-state index is 0.107. The van der Waals surface area contributed by atoms with Gasteiger partial charge in [-0.25, -0.2) is 0 Å². The summed E-state index contributed by atoms with van der Waals surface area (Å²) in [6.45, 7) is 0.522. The molecule has 0 aliphatic heterocycles. The first kappa shape index (κ1) is 17.2. The number of thioether (sulfide) groups is 1. The van der Waals surface area contributed by atoms with E-state index in [0.717, 1.165) is 35.6 Å². The molecule has 26 heavy (non-hydrogen) atoms. The molecule has 0 saturated carbocycles. The fourth-order valence-corrected chi connectivity index (χ4v) is 4.62. The van der Waals surface area contributed by atoms with Gasteiger partial charge in [0.05, 0.1) is 12.3 Å². The Kier molecular flexibility index (Phi) is 4.76. The first-order valence-electron chi connectivity index (χ1n) is 9.00. The van der Waals surface area contributed by atoms with Gasteiger partial charge in [-0.1, -0.05) is 23.4 Å². The van der Waals surface area contributed by atoms with Crippen LogP contribution in [0, 0.1) is 0 Å². The number of hydrogen-bond acceptors (Lipinski definition) is 4. The number of benzene rings is 1. The van der Waals surface area contributed by atoms with Crippen LogP contribution < -0.4 is 0 Å². The summed E-state index contributed by atoms with van der Waals surface area (Å²) in [5.74, 6) is 1.54. The number of para-hydroxylation sites is 1. The highest BCUT2D eigenvalue weighted by atomic mass is 32.2. The normalized spacial score (nSPS) is 13.8. The molecule has 4 rings (SSSR count). The summed E-state index contributed by atoms with van der Waals surface area (Å²) in [4.78, 5) is 15.5. The van der Waals surface area contributed by atoms with Crippen molar-refractivity contribution in [2.75, 3.05) is 12.8 Å². The van der Waals surface area contributed by atoms with Gasteiger partial charge in [-0.15, -0.1) is 11.8 Å². The first-order chi connectivity index (χ1) is 12.6. The van der Waals surface area contributed by atoms with Crippen LogP contribution in [-0.4, -0.2) is 33.3 Å². The Hall–Kier alpha value is -2.21. The van der Waals surface area contributed by atoms with E-state index in [-0.39, 0.29) is 5.91 Å². The van der Waals surface area contributed by atoms with Crippen molar-refractivity contribution < 1.29 is 9.32 Å². The van der Waals surface area contributed by atoms with E-state index in [9.17, 15) is 4.79 Å².